The largest absolute Gasteiger partial charge is 0.394 e. The summed E-state index contributed by atoms with van der Waals surface area (Å²) in [6.07, 6.45) is 7.36. The Morgan fingerprint density at radius 3 is 2.88 bits per heavy atom. The fourth-order valence-corrected chi connectivity index (χ4v) is 1.88. The van der Waals surface area contributed by atoms with Gasteiger partial charge in [-0.15, -0.1) is 0 Å². The first-order valence-electron chi connectivity index (χ1n) is 5.70. The van der Waals surface area contributed by atoms with Gasteiger partial charge in [-0.1, -0.05) is 0 Å². The van der Waals surface area contributed by atoms with Gasteiger partial charge in [0.15, 0.2) is 5.82 Å². The molecule has 2 saturated carbocycles. The van der Waals surface area contributed by atoms with Gasteiger partial charge in [0.05, 0.1) is 12.1 Å². The van der Waals surface area contributed by atoms with Gasteiger partial charge in [0.2, 0.25) is 0 Å². The van der Waals surface area contributed by atoms with Crippen LogP contribution < -0.4 is 10.9 Å². The summed E-state index contributed by atoms with van der Waals surface area (Å²) in [6.45, 7) is 0.0619. The summed E-state index contributed by atoms with van der Waals surface area (Å²) < 4.78 is 1.74. The Labute approximate surface area is 93.1 Å². The number of aliphatic hydroxyl groups is 1. The van der Waals surface area contributed by atoms with E-state index in [2.05, 4.69) is 10.3 Å². The minimum absolute atomic E-state index is 0.0619. The number of nitrogens with one attached hydrogen (secondary N) is 1. The van der Waals surface area contributed by atoms with E-state index in [1.807, 2.05) is 0 Å². The Balaban J connectivity index is 1.89. The van der Waals surface area contributed by atoms with Gasteiger partial charge in [0, 0.05) is 18.4 Å². The molecule has 2 fully saturated rings. The van der Waals surface area contributed by atoms with E-state index in [9.17, 15) is 9.90 Å². The van der Waals surface area contributed by atoms with E-state index in [1.54, 1.807) is 17.0 Å². The molecule has 16 heavy (non-hydrogen) atoms. The van der Waals surface area contributed by atoms with Crippen molar-refractivity contribution in [2.24, 2.45) is 0 Å². The molecule has 2 aliphatic rings. The average molecular weight is 221 g/mol. The predicted molar refractivity (Wildman–Crippen MR) is 59.4 cm³/mol. The second-order valence-corrected chi connectivity index (χ2v) is 4.78. The molecule has 0 saturated heterocycles. The Hall–Kier alpha value is -1.36. The topological polar surface area (TPSA) is 67.2 Å². The van der Waals surface area contributed by atoms with Crippen LogP contribution in [-0.4, -0.2) is 26.8 Å². The van der Waals surface area contributed by atoms with Crippen LogP contribution in [-0.2, 0) is 0 Å². The molecule has 5 heteroatoms. The molecule has 0 spiro atoms. The van der Waals surface area contributed by atoms with Crippen molar-refractivity contribution in [1.29, 1.82) is 0 Å². The number of hydrogen-bond acceptors (Lipinski definition) is 4. The standard InChI is InChI=1S/C11H15N3O2/c15-7-11(3-4-11)13-9-10(16)14(6-5-12-9)8-1-2-8/h5-6,8,15H,1-4,7H2,(H,12,13). The van der Waals surface area contributed by atoms with E-state index in [1.165, 1.54) is 0 Å². The van der Waals surface area contributed by atoms with Gasteiger partial charge in [-0.05, 0) is 25.7 Å². The number of aromatic nitrogens is 2. The predicted octanol–water partition coefficient (Wildman–Crippen LogP) is 0.515. The Morgan fingerprint density at radius 1 is 1.56 bits per heavy atom. The van der Waals surface area contributed by atoms with E-state index < -0.39 is 0 Å². The van der Waals surface area contributed by atoms with Crippen molar-refractivity contribution >= 4 is 5.82 Å². The molecule has 1 heterocycles. The highest BCUT2D eigenvalue weighted by molar-refractivity contribution is 5.38. The molecule has 0 aliphatic heterocycles. The third-order valence-corrected chi connectivity index (χ3v) is 3.35. The fourth-order valence-electron chi connectivity index (χ4n) is 1.88. The Bertz CT molecular complexity index is 461. The summed E-state index contributed by atoms with van der Waals surface area (Å²) in [5.74, 6) is 0.376. The van der Waals surface area contributed by atoms with Crippen LogP contribution in [0.4, 0.5) is 5.82 Å². The summed E-state index contributed by atoms with van der Waals surface area (Å²) in [6, 6.07) is 0.361. The monoisotopic (exact) mass is 221 g/mol. The third-order valence-electron chi connectivity index (χ3n) is 3.35. The number of aliphatic hydroxyl groups excluding tert-OH is 1. The number of rotatable bonds is 4. The van der Waals surface area contributed by atoms with E-state index in [-0.39, 0.29) is 17.7 Å². The van der Waals surface area contributed by atoms with Crippen LogP contribution in [0, 0.1) is 0 Å². The zero-order chi connectivity index (χ0) is 11.2. The summed E-state index contributed by atoms with van der Waals surface area (Å²) in [5.41, 5.74) is -0.348. The molecule has 1 aromatic rings. The highest BCUT2D eigenvalue weighted by atomic mass is 16.3. The molecule has 0 aromatic carbocycles. The number of hydrogen-bond donors (Lipinski definition) is 2. The average Bonchev–Trinajstić information content (AvgIpc) is 3.14. The third kappa shape index (κ3) is 1.61. The zero-order valence-corrected chi connectivity index (χ0v) is 9.02. The van der Waals surface area contributed by atoms with E-state index in [0.29, 0.717) is 11.9 Å². The van der Waals surface area contributed by atoms with Crippen molar-refractivity contribution in [2.45, 2.75) is 37.3 Å². The van der Waals surface area contributed by atoms with Gasteiger partial charge in [-0.3, -0.25) is 4.79 Å². The molecule has 0 bridgehead atoms. The fraction of sp³-hybridized carbons (Fsp3) is 0.636. The molecule has 5 nitrogen and oxygen atoms in total. The maximum atomic E-state index is 12.0. The van der Waals surface area contributed by atoms with Crippen LogP contribution in [0.25, 0.3) is 0 Å². The molecule has 0 atom stereocenters. The summed E-state index contributed by atoms with van der Waals surface area (Å²) >= 11 is 0. The van der Waals surface area contributed by atoms with E-state index in [0.717, 1.165) is 25.7 Å². The normalized spacial score (nSPS) is 21.8. The van der Waals surface area contributed by atoms with Gasteiger partial charge in [-0.25, -0.2) is 4.98 Å². The molecule has 0 unspecified atom stereocenters. The molecule has 0 radical (unpaired) electrons. The molecular weight excluding hydrogens is 206 g/mol. The van der Waals surface area contributed by atoms with Crippen molar-refractivity contribution in [3.8, 4) is 0 Å². The first-order valence-corrected chi connectivity index (χ1v) is 5.70. The van der Waals surface area contributed by atoms with Gasteiger partial charge < -0.3 is 15.0 Å². The van der Waals surface area contributed by atoms with Gasteiger partial charge in [0.1, 0.15) is 0 Å². The van der Waals surface area contributed by atoms with E-state index >= 15 is 0 Å². The maximum absolute atomic E-state index is 12.0. The van der Waals surface area contributed by atoms with Crippen LogP contribution in [0.3, 0.4) is 0 Å². The second kappa shape index (κ2) is 3.31. The minimum atomic E-state index is -0.283. The van der Waals surface area contributed by atoms with Gasteiger partial charge in [0.25, 0.3) is 5.56 Å². The van der Waals surface area contributed by atoms with Crippen molar-refractivity contribution in [3.63, 3.8) is 0 Å². The van der Waals surface area contributed by atoms with Gasteiger partial charge in [-0.2, -0.15) is 0 Å². The first-order chi connectivity index (χ1) is 7.74. The Morgan fingerprint density at radius 2 is 2.31 bits per heavy atom. The molecule has 0 amide bonds. The zero-order valence-electron chi connectivity index (χ0n) is 9.02. The molecular formula is C11H15N3O2. The van der Waals surface area contributed by atoms with Crippen molar-refractivity contribution in [1.82, 2.24) is 9.55 Å². The maximum Gasteiger partial charge on any atom is 0.293 e. The lowest BCUT2D eigenvalue weighted by Crippen LogP contribution is -2.32. The SMILES string of the molecule is O=c1c(NC2(CO)CC2)nccn1C1CC1. The van der Waals surface area contributed by atoms with Crippen LogP contribution in [0.2, 0.25) is 0 Å². The molecule has 1 aromatic heterocycles. The van der Waals surface area contributed by atoms with Crippen LogP contribution in [0.15, 0.2) is 17.2 Å². The van der Waals surface area contributed by atoms with Crippen molar-refractivity contribution in [3.05, 3.63) is 22.7 Å². The summed E-state index contributed by atoms with van der Waals surface area (Å²) in [4.78, 5) is 16.1. The highest BCUT2D eigenvalue weighted by Crippen LogP contribution is 2.37. The van der Waals surface area contributed by atoms with Crippen molar-refractivity contribution in [2.75, 3.05) is 11.9 Å². The molecule has 2 aliphatic carbocycles. The molecule has 3 rings (SSSR count). The van der Waals surface area contributed by atoms with Crippen LogP contribution >= 0.6 is 0 Å². The van der Waals surface area contributed by atoms with Crippen molar-refractivity contribution < 1.29 is 5.11 Å². The number of nitrogens with zero attached hydrogens (tertiary/aromatic N) is 2. The van der Waals surface area contributed by atoms with Crippen LogP contribution in [0.5, 0.6) is 0 Å². The first kappa shape index (κ1) is 9.84. The molecule has 2 N–H and O–H groups in total. The van der Waals surface area contributed by atoms with E-state index in [4.69, 9.17) is 0 Å². The van der Waals surface area contributed by atoms with Crippen LogP contribution in [0.1, 0.15) is 31.7 Å². The van der Waals surface area contributed by atoms with Gasteiger partial charge >= 0.3 is 0 Å². The lowest BCUT2D eigenvalue weighted by Gasteiger charge is -2.15. The smallest absolute Gasteiger partial charge is 0.293 e. The molecule has 86 valence electrons. The number of anilines is 1. The lowest BCUT2D eigenvalue weighted by atomic mass is 10.3. The lowest BCUT2D eigenvalue weighted by molar-refractivity contribution is 0.266. The summed E-state index contributed by atoms with van der Waals surface area (Å²) in [5, 5.41) is 12.3. The Kier molecular flexibility index (Phi) is 2.04. The summed E-state index contributed by atoms with van der Waals surface area (Å²) in [7, 11) is 0. The quantitative estimate of drug-likeness (QED) is 0.777. The highest BCUT2D eigenvalue weighted by Gasteiger charge is 2.43. The minimum Gasteiger partial charge on any atom is -0.394 e. The second-order valence-electron chi connectivity index (χ2n) is 4.78.